The molecule has 3 rings (SSSR count). The zero-order valence-electron chi connectivity index (χ0n) is 10.1. The van der Waals surface area contributed by atoms with Gasteiger partial charge in [0.05, 0.1) is 11.8 Å². The Morgan fingerprint density at radius 1 is 1.53 bits per heavy atom. The highest BCUT2D eigenvalue weighted by Gasteiger charge is 2.45. The summed E-state index contributed by atoms with van der Waals surface area (Å²) in [5, 5.41) is 4.13. The molecule has 1 aliphatic carbocycles. The van der Waals surface area contributed by atoms with Gasteiger partial charge in [-0.2, -0.15) is 9.61 Å². The molecule has 0 aromatic carbocycles. The van der Waals surface area contributed by atoms with Gasteiger partial charge in [-0.3, -0.25) is 4.57 Å². The Kier molecular flexibility index (Phi) is 3.00. The van der Waals surface area contributed by atoms with Crippen LogP contribution in [0.2, 0.25) is 0 Å². The first-order chi connectivity index (χ1) is 9.10. The molecule has 1 saturated carbocycles. The summed E-state index contributed by atoms with van der Waals surface area (Å²) in [6, 6.07) is 0. The van der Waals surface area contributed by atoms with E-state index in [4.69, 9.17) is 15.4 Å². The number of hydrogen-bond donors (Lipinski definition) is 2. The second-order valence-corrected chi connectivity index (χ2v) is 5.76. The highest BCUT2D eigenvalue weighted by atomic mass is 31.1. The van der Waals surface area contributed by atoms with Gasteiger partial charge in [-0.25, -0.2) is 9.97 Å². The second kappa shape index (κ2) is 4.56. The molecule has 0 spiro atoms. The van der Waals surface area contributed by atoms with Crippen LogP contribution in [0.1, 0.15) is 18.4 Å². The van der Waals surface area contributed by atoms with Crippen LogP contribution in [0.5, 0.6) is 0 Å². The third kappa shape index (κ3) is 2.47. The van der Waals surface area contributed by atoms with E-state index in [1.807, 2.05) is 0 Å². The first-order valence-electron chi connectivity index (χ1n) is 5.88. The summed E-state index contributed by atoms with van der Waals surface area (Å²) in [6.45, 7) is 0. The minimum absolute atomic E-state index is 0.0962. The maximum Gasteiger partial charge on any atom is 0.224 e. The van der Waals surface area contributed by atoms with Gasteiger partial charge in [0.15, 0.2) is 5.65 Å². The summed E-state index contributed by atoms with van der Waals surface area (Å²) < 4.78 is 17.7. The van der Waals surface area contributed by atoms with Crippen LogP contribution in [0.25, 0.3) is 5.65 Å². The molecule has 9 heteroatoms. The Balaban J connectivity index is 1.82. The lowest BCUT2D eigenvalue weighted by atomic mass is 10.1. The van der Waals surface area contributed by atoms with Crippen molar-refractivity contribution in [2.45, 2.75) is 24.9 Å². The van der Waals surface area contributed by atoms with Crippen molar-refractivity contribution >= 4 is 19.6 Å². The molecular formula is C10H14N5O3P. The van der Waals surface area contributed by atoms with E-state index in [0.29, 0.717) is 12.1 Å². The van der Waals surface area contributed by atoms with Crippen LogP contribution in [-0.2, 0) is 15.7 Å². The average molecular weight is 283 g/mol. The molecule has 0 bridgehead atoms. The fourth-order valence-corrected chi connectivity index (χ4v) is 2.51. The van der Waals surface area contributed by atoms with Crippen LogP contribution in [-0.4, -0.2) is 36.4 Å². The maximum absolute atomic E-state index is 10.7. The molecule has 2 aromatic heterocycles. The summed E-state index contributed by atoms with van der Waals surface area (Å²) >= 11 is 0. The fraction of sp³-hybridized carbons (Fsp3) is 0.500. The highest BCUT2D eigenvalue weighted by Crippen LogP contribution is 2.44. The molecule has 2 heterocycles. The summed E-state index contributed by atoms with van der Waals surface area (Å²) in [4.78, 5) is 16.9. The molecule has 8 nitrogen and oxygen atoms in total. The number of nitrogen functional groups attached to an aromatic ring is 1. The van der Waals surface area contributed by atoms with Crippen molar-refractivity contribution in [1.29, 1.82) is 0 Å². The molecule has 19 heavy (non-hydrogen) atoms. The predicted molar refractivity (Wildman–Crippen MR) is 68.0 cm³/mol. The van der Waals surface area contributed by atoms with Gasteiger partial charge in [0.2, 0.25) is 14.0 Å². The molecule has 0 saturated heterocycles. The molecule has 3 N–H and O–H groups in total. The van der Waals surface area contributed by atoms with Crippen molar-refractivity contribution in [1.82, 2.24) is 19.6 Å². The molecule has 1 fully saturated rings. The topological polar surface area (TPSA) is 116 Å². The largest absolute Gasteiger partial charge is 0.368 e. The van der Waals surface area contributed by atoms with Crippen molar-refractivity contribution in [2.75, 3.05) is 12.1 Å². The van der Waals surface area contributed by atoms with Gasteiger partial charge in [0, 0.05) is 12.0 Å². The molecule has 102 valence electrons. The van der Waals surface area contributed by atoms with Crippen molar-refractivity contribution < 1.29 is 14.2 Å². The Morgan fingerprint density at radius 2 is 2.32 bits per heavy atom. The van der Waals surface area contributed by atoms with E-state index in [9.17, 15) is 4.57 Å². The molecule has 0 aliphatic heterocycles. The van der Waals surface area contributed by atoms with Gasteiger partial charge in [-0.05, 0) is 12.8 Å². The van der Waals surface area contributed by atoms with Crippen LogP contribution in [0.4, 0.5) is 5.95 Å². The number of aromatic nitrogens is 4. The molecule has 1 aliphatic rings. The quantitative estimate of drug-likeness (QED) is 0.754. The standard InChI is InChI=1S/C10H14N5O3P/c11-9-13-5-12-8-7(4-14-15(8)9)3-10(1-2-10)18-6-19(16)17/h4-5,19H,1-3,6H2,(H,16,17)(H2,11,12,13). The summed E-state index contributed by atoms with van der Waals surface area (Å²) in [5.41, 5.74) is 6.91. The molecule has 2 aromatic rings. The number of ether oxygens (including phenoxy) is 1. The predicted octanol–water partition coefficient (Wildman–Crippen LogP) is 0.223. The first kappa shape index (κ1) is 12.5. The Labute approximate surface area is 109 Å². The minimum Gasteiger partial charge on any atom is -0.368 e. The van der Waals surface area contributed by atoms with Crippen LogP contribution in [0.15, 0.2) is 12.5 Å². The summed E-state index contributed by atoms with van der Waals surface area (Å²) in [7, 11) is -2.59. The van der Waals surface area contributed by atoms with Crippen LogP contribution in [0, 0.1) is 0 Å². The Morgan fingerprint density at radius 3 is 3.00 bits per heavy atom. The average Bonchev–Trinajstić information content (AvgIpc) is 3.02. The van der Waals surface area contributed by atoms with Crippen molar-refractivity contribution in [2.24, 2.45) is 0 Å². The number of nitrogens with two attached hydrogens (primary N) is 1. The van der Waals surface area contributed by atoms with Crippen molar-refractivity contribution in [3.8, 4) is 0 Å². The molecular weight excluding hydrogens is 269 g/mol. The van der Waals surface area contributed by atoms with E-state index in [1.54, 1.807) is 6.20 Å². The number of fused-ring (bicyclic) bond motifs is 1. The van der Waals surface area contributed by atoms with Gasteiger partial charge in [-0.15, -0.1) is 0 Å². The zero-order valence-corrected chi connectivity index (χ0v) is 11.1. The smallest absolute Gasteiger partial charge is 0.224 e. The number of hydrogen-bond acceptors (Lipinski definition) is 6. The maximum atomic E-state index is 10.7. The van der Waals surface area contributed by atoms with Gasteiger partial charge in [0.1, 0.15) is 12.7 Å². The van der Waals surface area contributed by atoms with Gasteiger partial charge in [-0.1, -0.05) is 0 Å². The lowest BCUT2D eigenvalue weighted by Crippen LogP contribution is -2.17. The number of anilines is 1. The first-order valence-corrected chi connectivity index (χ1v) is 7.45. The van der Waals surface area contributed by atoms with Crippen LogP contribution >= 0.6 is 8.03 Å². The van der Waals surface area contributed by atoms with Crippen molar-refractivity contribution in [3.63, 3.8) is 0 Å². The van der Waals surface area contributed by atoms with Crippen LogP contribution < -0.4 is 5.73 Å². The number of rotatable bonds is 5. The normalized spacial score (nSPS) is 18.6. The van der Waals surface area contributed by atoms with Crippen molar-refractivity contribution in [3.05, 3.63) is 18.1 Å². The lowest BCUT2D eigenvalue weighted by molar-refractivity contribution is 0.0623. The van der Waals surface area contributed by atoms with E-state index in [-0.39, 0.29) is 17.9 Å². The highest BCUT2D eigenvalue weighted by molar-refractivity contribution is 7.37. The third-order valence-electron chi connectivity index (χ3n) is 3.23. The Bertz CT molecular complexity index is 639. The molecule has 0 radical (unpaired) electrons. The monoisotopic (exact) mass is 283 g/mol. The van der Waals surface area contributed by atoms with E-state index < -0.39 is 8.03 Å². The SMILES string of the molecule is Nc1ncnc2c(CC3(OC[PH](=O)O)CC3)cnn12. The fourth-order valence-electron chi connectivity index (χ4n) is 2.08. The van der Waals surface area contributed by atoms with Gasteiger partial charge >= 0.3 is 0 Å². The van der Waals surface area contributed by atoms with E-state index >= 15 is 0 Å². The number of nitrogens with zero attached hydrogens (tertiary/aromatic N) is 4. The zero-order chi connectivity index (χ0) is 13.5. The van der Waals surface area contributed by atoms with E-state index in [2.05, 4.69) is 15.1 Å². The van der Waals surface area contributed by atoms with Crippen LogP contribution in [0.3, 0.4) is 0 Å². The molecule has 0 amide bonds. The minimum atomic E-state index is -2.59. The summed E-state index contributed by atoms with van der Waals surface area (Å²) in [5.74, 6) is 0.280. The van der Waals surface area contributed by atoms with Gasteiger partial charge < -0.3 is 15.4 Å². The third-order valence-corrected chi connectivity index (χ3v) is 3.62. The second-order valence-electron chi connectivity index (χ2n) is 4.68. The molecule has 1 atom stereocenters. The van der Waals surface area contributed by atoms with E-state index in [0.717, 1.165) is 18.4 Å². The molecule has 1 unspecified atom stereocenters. The summed E-state index contributed by atoms with van der Waals surface area (Å²) in [6.07, 6.45) is 5.34. The van der Waals surface area contributed by atoms with Gasteiger partial charge in [0.25, 0.3) is 0 Å². The lowest BCUT2D eigenvalue weighted by Gasteiger charge is -2.14. The van der Waals surface area contributed by atoms with E-state index in [1.165, 1.54) is 10.8 Å². The Hall–Kier alpha value is -1.50.